The fourth-order valence-corrected chi connectivity index (χ4v) is 2.26. The van der Waals surface area contributed by atoms with Crippen LogP contribution in [0.1, 0.15) is 23.2 Å². The van der Waals surface area contributed by atoms with Crippen LogP contribution in [-0.2, 0) is 6.54 Å². The normalized spacial score (nSPS) is 10.4. The van der Waals surface area contributed by atoms with Gasteiger partial charge in [0, 0.05) is 11.1 Å². The van der Waals surface area contributed by atoms with Gasteiger partial charge in [-0.25, -0.2) is 4.98 Å². The Morgan fingerprint density at radius 2 is 2.26 bits per heavy atom. The zero-order valence-electron chi connectivity index (χ0n) is 11.1. The van der Waals surface area contributed by atoms with Gasteiger partial charge in [0.1, 0.15) is 5.82 Å². The molecule has 0 amide bonds. The molecule has 5 nitrogen and oxygen atoms in total. The Morgan fingerprint density at radius 1 is 1.42 bits per heavy atom. The predicted octanol–water partition coefficient (Wildman–Crippen LogP) is 2.83. The van der Waals surface area contributed by atoms with Crippen molar-refractivity contribution in [3.8, 4) is 5.88 Å². The van der Waals surface area contributed by atoms with Crippen LogP contribution in [-0.4, -0.2) is 16.6 Å². The van der Waals surface area contributed by atoms with Crippen LogP contribution >= 0.6 is 11.3 Å². The van der Waals surface area contributed by atoms with E-state index in [1.165, 1.54) is 4.88 Å². The molecule has 0 aliphatic carbocycles. The highest BCUT2D eigenvalue weighted by Gasteiger charge is 2.05. The van der Waals surface area contributed by atoms with E-state index in [0.29, 0.717) is 24.7 Å². The van der Waals surface area contributed by atoms with Crippen molar-refractivity contribution in [2.75, 3.05) is 17.7 Å². The zero-order chi connectivity index (χ0) is 13.7. The molecule has 0 saturated heterocycles. The SMILES string of the molecule is CCCOc1nc(NCc2cnc(C)s2)ccc1N. The van der Waals surface area contributed by atoms with Crippen LogP contribution in [0.15, 0.2) is 18.3 Å². The highest BCUT2D eigenvalue weighted by atomic mass is 32.1. The number of aromatic nitrogens is 2. The molecule has 2 heterocycles. The molecule has 0 unspecified atom stereocenters. The minimum absolute atomic E-state index is 0.493. The summed E-state index contributed by atoms with van der Waals surface area (Å²) in [5.74, 6) is 1.25. The van der Waals surface area contributed by atoms with Crippen molar-refractivity contribution in [3.63, 3.8) is 0 Å². The van der Waals surface area contributed by atoms with Crippen molar-refractivity contribution in [2.45, 2.75) is 26.8 Å². The maximum Gasteiger partial charge on any atom is 0.239 e. The molecule has 2 rings (SSSR count). The number of nitrogens with two attached hydrogens (primary N) is 1. The van der Waals surface area contributed by atoms with Gasteiger partial charge in [0.25, 0.3) is 0 Å². The molecule has 102 valence electrons. The Kier molecular flexibility index (Phi) is 4.57. The topological polar surface area (TPSA) is 73.1 Å². The summed E-state index contributed by atoms with van der Waals surface area (Å²) in [6, 6.07) is 3.65. The van der Waals surface area contributed by atoms with Gasteiger partial charge >= 0.3 is 0 Å². The summed E-state index contributed by atoms with van der Waals surface area (Å²) < 4.78 is 5.50. The second kappa shape index (κ2) is 6.38. The number of hydrogen-bond donors (Lipinski definition) is 2. The van der Waals surface area contributed by atoms with E-state index < -0.39 is 0 Å². The Bertz CT molecular complexity index is 541. The van der Waals surface area contributed by atoms with Gasteiger partial charge in [0.15, 0.2) is 0 Å². The number of pyridine rings is 1. The molecule has 0 radical (unpaired) electrons. The number of thiazole rings is 1. The minimum Gasteiger partial charge on any atom is -0.476 e. The summed E-state index contributed by atoms with van der Waals surface area (Å²) in [6.07, 6.45) is 2.80. The number of anilines is 2. The van der Waals surface area contributed by atoms with Gasteiger partial charge in [-0.05, 0) is 25.5 Å². The average Bonchev–Trinajstić information content (AvgIpc) is 2.82. The van der Waals surface area contributed by atoms with Gasteiger partial charge in [-0.1, -0.05) is 6.92 Å². The number of rotatable bonds is 6. The molecule has 19 heavy (non-hydrogen) atoms. The Balaban J connectivity index is 2.00. The van der Waals surface area contributed by atoms with Crippen LogP contribution in [0.4, 0.5) is 11.5 Å². The first-order chi connectivity index (χ1) is 9.19. The second-order valence-corrected chi connectivity index (χ2v) is 5.46. The summed E-state index contributed by atoms with van der Waals surface area (Å²) in [7, 11) is 0. The average molecular weight is 278 g/mol. The molecule has 0 atom stereocenters. The van der Waals surface area contributed by atoms with E-state index in [0.717, 1.165) is 17.2 Å². The maximum absolute atomic E-state index is 5.82. The number of nitrogen functional groups attached to an aromatic ring is 1. The van der Waals surface area contributed by atoms with Gasteiger partial charge in [-0.15, -0.1) is 11.3 Å². The number of nitrogens with one attached hydrogen (secondary N) is 1. The molecule has 3 N–H and O–H groups in total. The van der Waals surface area contributed by atoms with Crippen molar-refractivity contribution >= 4 is 22.8 Å². The molecule has 0 aliphatic rings. The van der Waals surface area contributed by atoms with Crippen molar-refractivity contribution < 1.29 is 4.74 Å². The Morgan fingerprint density at radius 3 is 2.95 bits per heavy atom. The molecule has 0 spiro atoms. The van der Waals surface area contributed by atoms with Crippen molar-refractivity contribution in [3.05, 3.63) is 28.2 Å². The summed E-state index contributed by atoms with van der Waals surface area (Å²) in [5, 5.41) is 4.31. The summed E-state index contributed by atoms with van der Waals surface area (Å²) >= 11 is 1.67. The molecule has 6 heteroatoms. The molecule has 0 aliphatic heterocycles. The van der Waals surface area contributed by atoms with Gasteiger partial charge < -0.3 is 15.8 Å². The largest absolute Gasteiger partial charge is 0.476 e. The highest BCUT2D eigenvalue weighted by Crippen LogP contribution is 2.22. The van der Waals surface area contributed by atoms with E-state index in [4.69, 9.17) is 10.5 Å². The van der Waals surface area contributed by atoms with Crippen LogP contribution < -0.4 is 15.8 Å². The summed E-state index contributed by atoms with van der Waals surface area (Å²) in [4.78, 5) is 9.75. The van der Waals surface area contributed by atoms with Crippen molar-refractivity contribution in [1.82, 2.24) is 9.97 Å². The maximum atomic E-state index is 5.82. The molecule has 2 aromatic rings. The van der Waals surface area contributed by atoms with E-state index >= 15 is 0 Å². The van der Waals surface area contributed by atoms with E-state index in [9.17, 15) is 0 Å². The van der Waals surface area contributed by atoms with Crippen molar-refractivity contribution in [1.29, 1.82) is 0 Å². The minimum atomic E-state index is 0.493. The third kappa shape index (κ3) is 3.82. The van der Waals surface area contributed by atoms with Crippen molar-refractivity contribution in [2.24, 2.45) is 0 Å². The molecule has 0 fully saturated rings. The van der Waals surface area contributed by atoms with E-state index in [-0.39, 0.29) is 0 Å². The predicted molar refractivity (Wildman–Crippen MR) is 78.6 cm³/mol. The van der Waals surface area contributed by atoms with Crippen LogP contribution in [0, 0.1) is 6.92 Å². The molecule has 0 saturated carbocycles. The lowest BCUT2D eigenvalue weighted by Gasteiger charge is -2.09. The quantitative estimate of drug-likeness (QED) is 0.850. The standard InChI is InChI=1S/C13H18N4OS/c1-3-6-18-13-11(14)4-5-12(17-13)16-8-10-7-15-9(2)19-10/h4-5,7H,3,6,8,14H2,1-2H3,(H,16,17). The smallest absolute Gasteiger partial charge is 0.239 e. The number of ether oxygens (including phenoxy) is 1. The molecule has 2 aromatic heterocycles. The first-order valence-corrected chi connectivity index (χ1v) is 7.05. The third-order valence-electron chi connectivity index (χ3n) is 2.45. The fourth-order valence-electron chi connectivity index (χ4n) is 1.53. The monoisotopic (exact) mass is 278 g/mol. The Hall–Kier alpha value is -1.82. The van der Waals surface area contributed by atoms with Gasteiger partial charge in [-0.3, -0.25) is 0 Å². The van der Waals surface area contributed by atoms with E-state index in [2.05, 4.69) is 15.3 Å². The van der Waals surface area contributed by atoms with Gasteiger partial charge in [-0.2, -0.15) is 4.98 Å². The Labute approximate surface area is 116 Å². The lowest BCUT2D eigenvalue weighted by molar-refractivity contribution is 0.307. The van der Waals surface area contributed by atoms with Crippen LogP contribution in [0.3, 0.4) is 0 Å². The molecular weight excluding hydrogens is 260 g/mol. The molecule has 0 aromatic carbocycles. The van der Waals surface area contributed by atoms with Crippen LogP contribution in [0.2, 0.25) is 0 Å². The van der Waals surface area contributed by atoms with E-state index in [1.807, 2.05) is 26.1 Å². The van der Waals surface area contributed by atoms with Crippen LogP contribution in [0.5, 0.6) is 5.88 Å². The second-order valence-electron chi connectivity index (χ2n) is 4.14. The highest BCUT2D eigenvalue weighted by molar-refractivity contribution is 7.11. The first-order valence-electron chi connectivity index (χ1n) is 6.23. The van der Waals surface area contributed by atoms with E-state index in [1.54, 1.807) is 17.4 Å². The van der Waals surface area contributed by atoms with Gasteiger partial charge in [0.05, 0.1) is 23.8 Å². The fraction of sp³-hybridized carbons (Fsp3) is 0.385. The number of aryl methyl sites for hydroxylation is 1. The summed E-state index contributed by atoms with van der Waals surface area (Å²) in [5.41, 5.74) is 6.38. The number of nitrogens with zero attached hydrogens (tertiary/aromatic N) is 2. The number of hydrogen-bond acceptors (Lipinski definition) is 6. The lowest BCUT2D eigenvalue weighted by atomic mass is 10.4. The summed E-state index contributed by atoms with van der Waals surface area (Å²) in [6.45, 7) is 5.36. The lowest BCUT2D eigenvalue weighted by Crippen LogP contribution is -2.05. The first kappa shape index (κ1) is 13.6. The molecule has 0 bridgehead atoms. The zero-order valence-corrected chi connectivity index (χ0v) is 12.0. The third-order valence-corrected chi connectivity index (χ3v) is 3.36. The van der Waals surface area contributed by atoms with Crippen LogP contribution in [0.25, 0.3) is 0 Å². The molecular formula is C13H18N4OS. The van der Waals surface area contributed by atoms with Gasteiger partial charge in [0.2, 0.25) is 5.88 Å².